The zero-order chi connectivity index (χ0) is 10.1. The Hall–Kier alpha value is -0.870. The molecule has 0 aromatic carbocycles. The summed E-state index contributed by atoms with van der Waals surface area (Å²) in [7, 11) is 0. The normalized spacial score (nSPS) is 13.0. The lowest BCUT2D eigenvalue weighted by molar-refractivity contribution is 0.641. The number of nitrogens with zero attached hydrogens (tertiary/aromatic N) is 1. The highest BCUT2D eigenvalue weighted by atomic mass is 32.1. The molecule has 0 spiro atoms. The average molecular weight is 224 g/mol. The SMILES string of the molecule is Cc1ccc(C(C)n2cc[nH]c2=S)s1. The molecule has 0 bridgehead atoms. The molecule has 4 heteroatoms. The molecule has 2 aromatic heterocycles. The van der Waals surface area contributed by atoms with Crippen LogP contribution in [0.3, 0.4) is 0 Å². The zero-order valence-electron chi connectivity index (χ0n) is 8.15. The average Bonchev–Trinajstić information content (AvgIpc) is 2.73. The highest BCUT2D eigenvalue weighted by molar-refractivity contribution is 7.71. The van der Waals surface area contributed by atoms with E-state index in [1.165, 1.54) is 9.75 Å². The van der Waals surface area contributed by atoms with Crippen molar-refractivity contribution < 1.29 is 0 Å². The van der Waals surface area contributed by atoms with Crippen LogP contribution in [0.4, 0.5) is 0 Å². The summed E-state index contributed by atoms with van der Waals surface area (Å²) in [6.45, 7) is 4.28. The third-order valence-corrected chi connectivity index (χ3v) is 3.77. The smallest absolute Gasteiger partial charge is 0.177 e. The van der Waals surface area contributed by atoms with Crippen LogP contribution in [0.5, 0.6) is 0 Å². The lowest BCUT2D eigenvalue weighted by Gasteiger charge is -2.10. The molecule has 0 fully saturated rings. The van der Waals surface area contributed by atoms with Crippen LogP contribution in [-0.2, 0) is 0 Å². The molecule has 0 aliphatic carbocycles. The van der Waals surface area contributed by atoms with E-state index in [4.69, 9.17) is 12.2 Å². The van der Waals surface area contributed by atoms with E-state index >= 15 is 0 Å². The van der Waals surface area contributed by atoms with Crippen molar-refractivity contribution in [1.29, 1.82) is 0 Å². The van der Waals surface area contributed by atoms with Crippen LogP contribution in [0.25, 0.3) is 0 Å². The number of nitrogens with one attached hydrogen (secondary N) is 1. The first-order valence-electron chi connectivity index (χ1n) is 4.50. The van der Waals surface area contributed by atoms with E-state index < -0.39 is 0 Å². The van der Waals surface area contributed by atoms with Gasteiger partial charge in [0.1, 0.15) is 0 Å². The summed E-state index contributed by atoms with van der Waals surface area (Å²) in [4.78, 5) is 5.70. The lowest BCUT2D eigenvalue weighted by Crippen LogP contribution is -2.03. The number of hydrogen-bond acceptors (Lipinski definition) is 2. The molecular formula is C10H12N2S2. The molecule has 2 nitrogen and oxygen atoms in total. The third-order valence-electron chi connectivity index (χ3n) is 2.27. The fourth-order valence-corrected chi connectivity index (χ4v) is 2.67. The van der Waals surface area contributed by atoms with Gasteiger partial charge in [0, 0.05) is 22.1 Å². The number of H-pyrrole nitrogens is 1. The Morgan fingerprint density at radius 3 is 2.79 bits per heavy atom. The fraction of sp³-hybridized carbons (Fsp3) is 0.300. The van der Waals surface area contributed by atoms with Gasteiger partial charge in [-0.05, 0) is 38.2 Å². The van der Waals surface area contributed by atoms with E-state index in [0.29, 0.717) is 6.04 Å². The fourth-order valence-electron chi connectivity index (χ4n) is 1.45. The highest BCUT2D eigenvalue weighted by Gasteiger charge is 2.09. The number of aromatic amines is 1. The maximum Gasteiger partial charge on any atom is 0.177 e. The van der Waals surface area contributed by atoms with Crippen molar-refractivity contribution in [1.82, 2.24) is 9.55 Å². The molecule has 1 N–H and O–H groups in total. The van der Waals surface area contributed by atoms with Crippen LogP contribution in [0.1, 0.15) is 22.7 Å². The first-order chi connectivity index (χ1) is 6.68. The van der Waals surface area contributed by atoms with E-state index in [1.807, 2.05) is 23.7 Å². The molecule has 0 aliphatic rings. The van der Waals surface area contributed by atoms with E-state index in [0.717, 1.165) is 4.77 Å². The summed E-state index contributed by atoms with van der Waals surface area (Å²) in [5.41, 5.74) is 0. The molecular weight excluding hydrogens is 212 g/mol. The minimum absolute atomic E-state index is 0.326. The largest absolute Gasteiger partial charge is 0.337 e. The van der Waals surface area contributed by atoms with Crippen LogP contribution < -0.4 is 0 Å². The van der Waals surface area contributed by atoms with Crippen LogP contribution >= 0.6 is 23.6 Å². The van der Waals surface area contributed by atoms with Gasteiger partial charge < -0.3 is 9.55 Å². The number of aromatic nitrogens is 2. The van der Waals surface area contributed by atoms with Gasteiger partial charge in [0.05, 0.1) is 6.04 Å². The molecule has 0 saturated carbocycles. The van der Waals surface area contributed by atoms with Crippen molar-refractivity contribution >= 4 is 23.6 Å². The van der Waals surface area contributed by atoms with E-state index in [-0.39, 0.29) is 0 Å². The van der Waals surface area contributed by atoms with Gasteiger partial charge in [-0.15, -0.1) is 11.3 Å². The molecule has 0 saturated heterocycles. The second-order valence-corrected chi connectivity index (χ2v) is 5.00. The molecule has 2 rings (SSSR count). The summed E-state index contributed by atoms with van der Waals surface area (Å²) in [5, 5.41) is 0. The van der Waals surface area contributed by atoms with Gasteiger partial charge >= 0.3 is 0 Å². The summed E-state index contributed by atoms with van der Waals surface area (Å²) in [6, 6.07) is 4.64. The molecule has 14 heavy (non-hydrogen) atoms. The zero-order valence-corrected chi connectivity index (χ0v) is 9.78. The summed E-state index contributed by atoms with van der Waals surface area (Å²) in [6.07, 6.45) is 3.86. The minimum Gasteiger partial charge on any atom is -0.337 e. The van der Waals surface area contributed by atoms with E-state index in [2.05, 4.69) is 35.5 Å². The standard InChI is InChI=1S/C10H12N2S2/c1-7-3-4-9(14-7)8(2)12-6-5-11-10(12)13/h3-6,8H,1-2H3,(H,11,13). The van der Waals surface area contributed by atoms with Gasteiger partial charge in [0.25, 0.3) is 0 Å². The molecule has 1 atom stereocenters. The molecule has 0 radical (unpaired) electrons. The molecule has 2 heterocycles. The summed E-state index contributed by atoms with van der Waals surface area (Å²) in [5.74, 6) is 0. The van der Waals surface area contributed by atoms with Gasteiger partial charge in [0.2, 0.25) is 0 Å². The quantitative estimate of drug-likeness (QED) is 0.774. The van der Waals surface area contributed by atoms with E-state index in [9.17, 15) is 0 Å². The summed E-state index contributed by atoms with van der Waals surface area (Å²) < 4.78 is 2.85. The molecule has 1 unspecified atom stereocenters. The number of thiophene rings is 1. The maximum atomic E-state index is 5.18. The minimum atomic E-state index is 0.326. The van der Waals surface area contributed by atoms with Crippen molar-refractivity contribution in [3.05, 3.63) is 39.1 Å². The van der Waals surface area contributed by atoms with Gasteiger partial charge in [-0.2, -0.15) is 0 Å². The number of rotatable bonds is 2. The first-order valence-corrected chi connectivity index (χ1v) is 5.73. The highest BCUT2D eigenvalue weighted by Crippen LogP contribution is 2.25. The van der Waals surface area contributed by atoms with Gasteiger partial charge in [-0.1, -0.05) is 0 Å². The van der Waals surface area contributed by atoms with Crippen LogP contribution in [0.15, 0.2) is 24.5 Å². The topological polar surface area (TPSA) is 20.7 Å². The van der Waals surface area contributed by atoms with Crippen molar-refractivity contribution in [2.45, 2.75) is 19.9 Å². The second-order valence-electron chi connectivity index (χ2n) is 3.30. The lowest BCUT2D eigenvalue weighted by atomic mass is 10.3. The third kappa shape index (κ3) is 1.67. The van der Waals surface area contributed by atoms with Crippen molar-refractivity contribution in [3.63, 3.8) is 0 Å². The first kappa shape index (κ1) is 9.68. The number of aryl methyl sites for hydroxylation is 1. The second kappa shape index (κ2) is 3.71. The Kier molecular flexibility index (Phi) is 2.56. The van der Waals surface area contributed by atoms with Gasteiger partial charge in [-0.3, -0.25) is 0 Å². The van der Waals surface area contributed by atoms with Crippen LogP contribution in [0, 0.1) is 11.7 Å². The summed E-state index contributed by atoms with van der Waals surface area (Å²) >= 11 is 7.00. The molecule has 2 aromatic rings. The Morgan fingerprint density at radius 1 is 1.50 bits per heavy atom. The van der Waals surface area contributed by atoms with Crippen molar-refractivity contribution in [2.24, 2.45) is 0 Å². The van der Waals surface area contributed by atoms with Crippen molar-refractivity contribution in [3.8, 4) is 0 Å². The maximum absolute atomic E-state index is 5.18. The van der Waals surface area contributed by atoms with Gasteiger partial charge in [0.15, 0.2) is 4.77 Å². The van der Waals surface area contributed by atoms with Crippen LogP contribution in [0.2, 0.25) is 0 Å². The Morgan fingerprint density at radius 2 is 2.29 bits per heavy atom. The Balaban J connectivity index is 2.38. The Labute approximate surface area is 92.2 Å². The van der Waals surface area contributed by atoms with Crippen LogP contribution in [-0.4, -0.2) is 9.55 Å². The molecule has 74 valence electrons. The number of imidazole rings is 1. The van der Waals surface area contributed by atoms with Crippen molar-refractivity contribution in [2.75, 3.05) is 0 Å². The Bertz CT molecular complexity index is 478. The predicted octanol–water partition coefficient (Wildman–Crippen LogP) is 3.52. The monoisotopic (exact) mass is 224 g/mol. The predicted molar refractivity (Wildman–Crippen MR) is 62.5 cm³/mol. The molecule has 0 amide bonds. The number of hydrogen-bond donors (Lipinski definition) is 1. The van der Waals surface area contributed by atoms with E-state index in [1.54, 1.807) is 0 Å². The molecule has 0 aliphatic heterocycles. The van der Waals surface area contributed by atoms with Gasteiger partial charge in [-0.25, -0.2) is 0 Å².